The Bertz CT molecular complexity index is 92.9. The van der Waals surface area contributed by atoms with Gasteiger partial charge < -0.3 is 10.0 Å². The van der Waals surface area contributed by atoms with E-state index in [9.17, 15) is 5.11 Å². The molecule has 1 heterocycles. The average molecular weight is 129 g/mol. The molecule has 1 saturated heterocycles. The monoisotopic (exact) mass is 129 g/mol. The Kier molecular flexibility index (Phi) is 2.09. The quantitative estimate of drug-likeness (QED) is 0.556. The van der Waals surface area contributed by atoms with E-state index in [4.69, 9.17) is 0 Å². The van der Waals surface area contributed by atoms with E-state index in [1.54, 1.807) is 0 Å². The Labute approximate surface area is 56.5 Å². The van der Waals surface area contributed by atoms with E-state index in [1.807, 2.05) is 6.92 Å². The van der Waals surface area contributed by atoms with Gasteiger partial charge in [-0.05, 0) is 33.4 Å². The van der Waals surface area contributed by atoms with Crippen molar-refractivity contribution in [2.45, 2.75) is 31.9 Å². The van der Waals surface area contributed by atoms with Crippen molar-refractivity contribution in [2.24, 2.45) is 0 Å². The van der Waals surface area contributed by atoms with E-state index < -0.39 is 0 Å². The zero-order valence-corrected chi connectivity index (χ0v) is 6.17. The number of rotatable bonds is 1. The molecule has 0 spiro atoms. The third-order valence-electron chi connectivity index (χ3n) is 2.13. The maximum Gasteiger partial charge on any atom is 0.0667 e. The molecule has 0 amide bonds. The van der Waals surface area contributed by atoms with Crippen LogP contribution in [0.1, 0.15) is 19.8 Å². The van der Waals surface area contributed by atoms with Gasteiger partial charge in [0.15, 0.2) is 0 Å². The molecule has 1 aliphatic heterocycles. The third kappa shape index (κ3) is 1.43. The topological polar surface area (TPSA) is 23.5 Å². The second-order valence-electron chi connectivity index (χ2n) is 2.93. The molecule has 0 aromatic heterocycles. The highest BCUT2D eigenvalue weighted by Crippen LogP contribution is 2.17. The summed E-state index contributed by atoms with van der Waals surface area (Å²) in [5.41, 5.74) is 0. The molecule has 54 valence electrons. The number of aliphatic hydroxyl groups excluding tert-OH is 1. The summed E-state index contributed by atoms with van der Waals surface area (Å²) in [5.74, 6) is 0. The molecule has 9 heavy (non-hydrogen) atoms. The van der Waals surface area contributed by atoms with E-state index in [-0.39, 0.29) is 6.10 Å². The molecule has 0 bridgehead atoms. The van der Waals surface area contributed by atoms with Crippen molar-refractivity contribution < 1.29 is 5.11 Å². The van der Waals surface area contributed by atoms with Crippen molar-refractivity contribution in [1.29, 1.82) is 0 Å². The Morgan fingerprint density at radius 2 is 2.33 bits per heavy atom. The molecular formula is C7H15NO. The van der Waals surface area contributed by atoms with Crippen LogP contribution in [0.25, 0.3) is 0 Å². The van der Waals surface area contributed by atoms with Crippen LogP contribution < -0.4 is 0 Å². The van der Waals surface area contributed by atoms with Crippen LogP contribution in [-0.4, -0.2) is 35.7 Å². The van der Waals surface area contributed by atoms with Gasteiger partial charge in [-0.15, -0.1) is 0 Å². The summed E-state index contributed by atoms with van der Waals surface area (Å²) >= 11 is 0. The van der Waals surface area contributed by atoms with E-state index in [0.717, 1.165) is 13.0 Å². The van der Waals surface area contributed by atoms with Gasteiger partial charge in [0.2, 0.25) is 0 Å². The van der Waals surface area contributed by atoms with Crippen molar-refractivity contribution in [3.63, 3.8) is 0 Å². The molecule has 0 saturated carbocycles. The van der Waals surface area contributed by atoms with Crippen LogP contribution in [0.15, 0.2) is 0 Å². The molecular weight excluding hydrogens is 114 g/mol. The number of hydrogen-bond donors (Lipinski definition) is 1. The summed E-state index contributed by atoms with van der Waals surface area (Å²) in [4.78, 5) is 2.23. The Balaban J connectivity index is 2.40. The van der Waals surface area contributed by atoms with E-state index >= 15 is 0 Å². The molecule has 1 rings (SSSR count). The number of likely N-dealkylation sites (N-methyl/N-ethyl adjacent to an activating group) is 1. The standard InChI is InChI=1S/C7H15NO/c1-6(9)7-4-3-5-8(7)2/h6-7,9H,3-5H2,1-2H3/t6?,7-/m0/s1. The van der Waals surface area contributed by atoms with Crippen LogP contribution >= 0.6 is 0 Å². The highest BCUT2D eigenvalue weighted by Gasteiger charge is 2.24. The van der Waals surface area contributed by atoms with Gasteiger partial charge in [-0.2, -0.15) is 0 Å². The minimum absolute atomic E-state index is 0.155. The smallest absolute Gasteiger partial charge is 0.0667 e. The zero-order chi connectivity index (χ0) is 6.85. The summed E-state index contributed by atoms with van der Waals surface area (Å²) in [5, 5.41) is 9.18. The second-order valence-corrected chi connectivity index (χ2v) is 2.93. The molecule has 2 atom stereocenters. The average Bonchev–Trinajstić information content (AvgIpc) is 2.13. The van der Waals surface area contributed by atoms with Crippen LogP contribution in [0.2, 0.25) is 0 Å². The maximum atomic E-state index is 9.18. The molecule has 0 radical (unpaired) electrons. The Hall–Kier alpha value is -0.0800. The highest BCUT2D eigenvalue weighted by molar-refractivity contribution is 4.79. The van der Waals surface area contributed by atoms with Crippen molar-refractivity contribution >= 4 is 0 Å². The zero-order valence-electron chi connectivity index (χ0n) is 6.17. The first kappa shape index (κ1) is 7.03. The van der Waals surface area contributed by atoms with Gasteiger partial charge in [0, 0.05) is 6.04 Å². The fourth-order valence-corrected chi connectivity index (χ4v) is 1.55. The first-order chi connectivity index (χ1) is 4.22. The lowest BCUT2D eigenvalue weighted by Crippen LogP contribution is -2.34. The van der Waals surface area contributed by atoms with E-state index in [1.165, 1.54) is 6.42 Å². The lowest BCUT2D eigenvalue weighted by atomic mass is 10.1. The van der Waals surface area contributed by atoms with Crippen molar-refractivity contribution in [3.05, 3.63) is 0 Å². The number of aliphatic hydroxyl groups is 1. The SMILES string of the molecule is CC(O)[C@@H]1CCCN1C. The van der Waals surface area contributed by atoms with Crippen LogP contribution in [-0.2, 0) is 0 Å². The fourth-order valence-electron chi connectivity index (χ4n) is 1.55. The third-order valence-corrected chi connectivity index (χ3v) is 2.13. The molecule has 2 heteroatoms. The molecule has 1 unspecified atom stereocenters. The van der Waals surface area contributed by atoms with Crippen LogP contribution in [0.4, 0.5) is 0 Å². The largest absolute Gasteiger partial charge is 0.392 e. The minimum atomic E-state index is -0.155. The van der Waals surface area contributed by atoms with Crippen molar-refractivity contribution in [3.8, 4) is 0 Å². The van der Waals surface area contributed by atoms with Crippen LogP contribution in [0.5, 0.6) is 0 Å². The normalized spacial score (nSPS) is 33.0. The summed E-state index contributed by atoms with van der Waals surface area (Å²) in [6.45, 7) is 3.02. The first-order valence-electron chi connectivity index (χ1n) is 3.60. The lowest BCUT2D eigenvalue weighted by molar-refractivity contribution is 0.101. The first-order valence-corrected chi connectivity index (χ1v) is 3.60. The van der Waals surface area contributed by atoms with E-state index in [0.29, 0.717) is 6.04 Å². The van der Waals surface area contributed by atoms with Gasteiger partial charge in [-0.1, -0.05) is 0 Å². The molecule has 1 fully saturated rings. The minimum Gasteiger partial charge on any atom is -0.392 e. The predicted molar refractivity (Wildman–Crippen MR) is 37.3 cm³/mol. The second kappa shape index (κ2) is 2.67. The van der Waals surface area contributed by atoms with Gasteiger partial charge in [-0.3, -0.25) is 0 Å². The molecule has 0 aliphatic carbocycles. The van der Waals surface area contributed by atoms with Gasteiger partial charge in [0.1, 0.15) is 0 Å². The van der Waals surface area contributed by atoms with Crippen molar-refractivity contribution in [1.82, 2.24) is 4.90 Å². The maximum absolute atomic E-state index is 9.18. The molecule has 0 aromatic carbocycles. The summed E-state index contributed by atoms with van der Waals surface area (Å²) in [6, 6.07) is 0.421. The summed E-state index contributed by atoms with van der Waals surface area (Å²) in [7, 11) is 2.07. The lowest BCUT2D eigenvalue weighted by Gasteiger charge is -2.21. The summed E-state index contributed by atoms with van der Waals surface area (Å²) in [6.07, 6.45) is 2.25. The van der Waals surface area contributed by atoms with E-state index in [2.05, 4.69) is 11.9 Å². The van der Waals surface area contributed by atoms with Gasteiger partial charge in [0.05, 0.1) is 6.10 Å². The number of hydrogen-bond acceptors (Lipinski definition) is 2. The molecule has 0 aromatic rings. The fraction of sp³-hybridized carbons (Fsp3) is 1.00. The Morgan fingerprint density at radius 3 is 2.56 bits per heavy atom. The van der Waals surface area contributed by atoms with Crippen molar-refractivity contribution in [2.75, 3.05) is 13.6 Å². The van der Waals surface area contributed by atoms with Crippen LogP contribution in [0.3, 0.4) is 0 Å². The summed E-state index contributed by atoms with van der Waals surface area (Å²) < 4.78 is 0. The van der Waals surface area contributed by atoms with Gasteiger partial charge in [0.25, 0.3) is 0 Å². The molecule has 1 aliphatic rings. The highest BCUT2D eigenvalue weighted by atomic mass is 16.3. The molecule has 2 nitrogen and oxygen atoms in total. The van der Waals surface area contributed by atoms with Crippen LogP contribution in [0, 0.1) is 0 Å². The van der Waals surface area contributed by atoms with Gasteiger partial charge >= 0.3 is 0 Å². The predicted octanol–water partition coefficient (Wildman–Crippen LogP) is 0.461. The Morgan fingerprint density at radius 1 is 1.67 bits per heavy atom. The number of likely N-dealkylation sites (tertiary alicyclic amines) is 1. The van der Waals surface area contributed by atoms with Gasteiger partial charge in [-0.25, -0.2) is 0 Å². The molecule has 1 N–H and O–H groups in total. The number of nitrogens with zero attached hydrogens (tertiary/aromatic N) is 1.